The molecule has 1 heterocycles. The van der Waals surface area contributed by atoms with Crippen molar-refractivity contribution in [3.05, 3.63) is 51.4 Å². The molecule has 0 bridgehead atoms. The largest absolute Gasteiger partial charge is 0.506 e. The van der Waals surface area contributed by atoms with Crippen molar-refractivity contribution in [2.75, 3.05) is 0 Å². The Bertz CT molecular complexity index is 677. The van der Waals surface area contributed by atoms with Crippen LogP contribution >= 0.6 is 15.9 Å². The van der Waals surface area contributed by atoms with E-state index in [0.717, 1.165) is 5.56 Å². The van der Waals surface area contributed by atoms with Crippen LogP contribution in [0.2, 0.25) is 0 Å². The number of carbonyl (C=O) groups is 1. The number of carbonyl (C=O) groups excluding carboxylic acids is 1. The second-order valence-electron chi connectivity index (χ2n) is 4.27. The van der Waals surface area contributed by atoms with E-state index in [4.69, 9.17) is 4.42 Å². The number of hydrogen-bond donors (Lipinski definition) is 2. The van der Waals surface area contributed by atoms with Gasteiger partial charge in [0.05, 0.1) is 22.5 Å². The van der Waals surface area contributed by atoms with Crippen LogP contribution < -0.4 is 5.43 Å². The number of rotatable bonds is 3. The van der Waals surface area contributed by atoms with Gasteiger partial charge < -0.3 is 9.52 Å². The molecule has 104 valence electrons. The topological polar surface area (TPSA) is 74.8 Å². The number of hydrogen-bond acceptors (Lipinski definition) is 4. The van der Waals surface area contributed by atoms with Crippen LogP contribution in [-0.4, -0.2) is 17.2 Å². The van der Waals surface area contributed by atoms with Gasteiger partial charge in [0.15, 0.2) is 0 Å². The summed E-state index contributed by atoms with van der Waals surface area (Å²) < 4.78 is 5.62. The minimum atomic E-state index is -0.362. The maximum absolute atomic E-state index is 11.8. The molecule has 1 amide bonds. The third-order valence-electron chi connectivity index (χ3n) is 2.71. The highest BCUT2D eigenvalue weighted by Crippen LogP contribution is 2.28. The van der Waals surface area contributed by atoms with Gasteiger partial charge in [-0.15, -0.1) is 0 Å². The van der Waals surface area contributed by atoms with Gasteiger partial charge in [-0.3, -0.25) is 4.79 Å². The van der Waals surface area contributed by atoms with Gasteiger partial charge in [-0.05, 0) is 53.5 Å². The molecule has 2 N–H and O–H groups in total. The Morgan fingerprint density at radius 3 is 2.85 bits per heavy atom. The van der Waals surface area contributed by atoms with E-state index in [-0.39, 0.29) is 11.7 Å². The predicted molar refractivity (Wildman–Crippen MR) is 79.0 cm³/mol. The average Bonchev–Trinajstić information content (AvgIpc) is 2.81. The van der Waals surface area contributed by atoms with Gasteiger partial charge in [0, 0.05) is 5.56 Å². The van der Waals surface area contributed by atoms with Crippen LogP contribution in [0.4, 0.5) is 0 Å². The molecular formula is C14H13BrN2O3. The third-order valence-corrected chi connectivity index (χ3v) is 3.31. The molecule has 0 atom stereocenters. The zero-order valence-corrected chi connectivity index (χ0v) is 12.6. The molecule has 0 saturated heterocycles. The Hall–Kier alpha value is -2.08. The zero-order valence-electron chi connectivity index (χ0n) is 11.0. The van der Waals surface area contributed by atoms with E-state index in [0.29, 0.717) is 21.4 Å². The van der Waals surface area contributed by atoms with E-state index in [9.17, 15) is 9.90 Å². The molecule has 0 saturated carbocycles. The number of nitrogens with zero attached hydrogens (tertiary/aromatic N) is 1. The van der Waals surface area contributed by atoms with Crippen molar-refractivity contribution in [2.24, 2.45) is 5.10 Å². The molecule has 2 rings (SSSR count). The Balaban J connectivity index is 2.11. The van der Waals surface area contributed by atoms with Crippen LogP contribution in [0.15, 0.2) is 38.5 Å². The number of phenols is 1. The van der Waals surface area contributed by atoms with Gasteiger partial charge in [-0.25, -0.2) is 5.43 Å². The van der Waals surface area contributed by atoms with Crippen molar-refractivity contribution in [1.82, 2.24) is 5.43 Å². The Morgan fingerprint density at radius 1 is 1.45 bits per heavy atom. The SMILES string of the molecule is Cc1cc(Br)c(O)c(/C=N/NC(=O)c2ccoc2C)c1. The van der Waals surface area contributed by atoms with E-state index in [1.165, 1.54) is 12.5 Å². The normalized spacial score (nSPS) is 10.9. The lowest BCUT2D eigenvalue weighted by atomic mass is 10.1. The van der Waals surface area contributed by atoms with Crippen molar-refractivity contribution < 1.29 is 14.3 Å². The Kier molecular flexibility index (Phi) is 4.24. The molecule has 0 unspecified atom stereocenters. The number of phenolic OH excluding ortho intramolecular Hbond substituents is 1. The summed E-state index contributed by atoms with van der Waals surface area (Å²) in [6.07, 6.45) is 2.83. The van der Waals surface area contributed by atoms with Crippen LogP contribution in [0.3, 0.4) is 0 Å². The van der Waals surface area contributed by atoms with Crippen molar-refractivity contribution >= 4 is 28.1 Å². The number of benzene rings is 1. The molecule has 0 aliphatic carbocycles. The maximum Gasteiger partial charge on any atom is 0.274 e. The quantitative estimate of drug-likeness (QED) is 0.667. The summed E-state index contributed by atoms with van der Waals surface area (Å²) >= 11 is 3.25. The fraction of sp³-hybridized carbons (Fsp3) is 0.143. The minimum absolute atomic E-state index is 0.0769. The molecule has 2 aromatic rings. The lowest BCUT2D eigenvalue weighted by molar-refractivity contribution is 0.0953. The first-order valence-corrected chi connectivity index (χ1v) is 6.65. The summed E-state index contributed by atoms with van der Waals surface area (Å²) in [5.74, 6) is 0.241. The summed E-state index contributed by atoms with van der Waals surface area (Å²) in [7, 11) is 0. The maximum atomic E-state index is 11.8. The van der Waals surface area contributed by atoms with E-state index < -0.39 is 0 Å². The van der Waals surface area contributed by atoms with Crippen LogP contribution in [0.5, 0.6) is 5.75 Å². The summed E-state index contributed by atoms with van der Waals surface area (Å²) in [6.45, 7) is 3.59. The van der Waals surface area contributed by atoms with Crippen molar-refractivity contribution in [2.45, 2.75) is 13.8 Å². The molecule has 20 heavy (non-hydrogen) atoms. The lowest BCUT2D eigenvalue weighted by Gasteiger charge is -2.03. The van der Waals surface area contributed by atoms with Gasteiger partial charge >= 0.3 is 0 Å². The fourth-order valence-corrected chi connectivity index (χ4v) is 2.29. The first kappa shape index (κ1) is 14.3. The van der Waals surface area contributed by atoms with Gasteiger partial charge in [0.2, 0.25) is 0 Å². The average molecular weight is 337 g/mol. The Labute approximate surface area is 124 Å². The smallest absolute Gasteiger partial charge is 0.274 e. The first-order valence-electron chi connectivity index (χ1n) is 5.85. The van der Waals surface area contributed by atoms with Crippen LogP contribution in [0.25, 0.3) is 0 Å². The van der Waals surface area contributed by atoms with Crippen molar-refractivity contribution in [1.29, 1.82) is 0 Å². The predicted octanol–water partition coefficient (Wildman–Crippen LogP) is 3.13. The molecule has 1 aromatic heterocycles. The number of aromatic hydroxyl groups is 1. The van der Waals surface area contributed by atoms with E-state index in [2.05, 4.69) is 26.5 Å². The molecule has 0 radical (unpaired) electrons. The van der Waals surface area contributed by atoms with E-state index in [1.807, 2.05) is 6.92 Å². The molecule has 0 spiro atoms. The van der Waals surface area contributed by atoms with Gasteiger partial charge in [0.1, 0.15) is 11.5 Å². The van der Waals surface area contributed by atoms with Crippen molar-refractivity contribution in [3.8, 4) is 5.75 Å². The standard InChI is InChI=1S/C14H13BrN2O3/c1-8-5-10(13(18)12(15)6-8)7-16-17-14(19)11-3-4-20-9(11)2/h3-7,18H,1-2H3,(H,17,19)/b16-7+. The molecule has 0 fully saturated rings. The summed E-state index contributed by atoms with van der Waals surface area (Å²) in [4.78, 5) is 11.8. The molecule has 6 heteroatoms. The van der Waals surface area contributed by atoms with Crippen LogP contribution in [-0.2, 0) is 0 Å². The van der Waals surface area contributed by atoms with Gasteiger partial charge in [-0.1, -0.05) is 0 Å². The second-order valence-corrected chi connectivity index (χ2v) is 5.13. The zero-order chi connectivity index (χ0) is 14.7. The van der Waals surface area contributed by atoms with E-state index >= 15 is 0 Å². The third kappa shape index (κ3) is 3.08. The highest BCUT2D eigenvalue weighted by Gasteiger charge is 2.10. The lowest BCUT2D eigenvalue weighted by Crippen LogP contribution is -2.17. The van der Waals surface area contributed by atoms with Gasteiger partial charge in [-0.2, -0.15) is 5.10 Å². The number of halogens is 1. The number of hydrazone groups is 1. The minimum Gasteiger partial charge on any atom is -0.506 e. The first-order chi connectivity index (χ1) is 9.49. The molecule has 0 aliphatic heterocycles. The number of nitrogens with one attached hydrogen (secondary N) is 1. The highest BCUT2D eigenvalue weighted by molar-refractivity contribution is 9.10. The fourth-order valence-electron chi connectivity index (χ4n) is 1.70. The summed E-state index contributed by atoms with van der Waals surface area (Å²) in [6, 6.07) is 5.12. The monoisotopic (exact) mass is 336 g/mol. The van der Waals surface area contributed by atoms with Crippen LogP contribution in [0.1, 0.15) is 27.2 Å². The molecule has 0 aliphatic rings. The highest BCUT2D eigenvalue weighted by atomic mass is 79.9. The number of aryl methyl sites for hydroxylation is 2. The van der Waals surface area contributed by atoms with Crippen molar-refractivity contribution in [3.63, 3.8) is 0 Å². The van der Waals surface area contributed by atoms with Gasteiger partial charge in [0.25, 0.3) is 5.91 Å². The number of amides is 1. The van der Waals surface area contributed by atoms with E-state index in [1.54, 1.807) is 25.1 Å². The number of furan rings is 1. The second kappa shape index (κ2) is 5.92. The Morgan fingerprint density at radius 2 is 2.20 bits per heavy atom. The molecular weight excluding hydrogens is 324 g/mol. The molecule has 5 nitrogen and oxygen atoms in total. The summed E-state index contributed by atoms with van der Waals surface area (Å²) in [5.41, 5.74) is 4.29. The molecule has 1 aromatic carbocycles. The summed E-state index contributed by atoms with van der Waals surface area (Å²) in [5, 5.41) is 13.7. The van der Waals surface area contributed by atoms with Crippen LogP contribution in [0, 0.1) is 13.8 Å².